The number of nitrogens with two attached hydrogens (primary N) is 1. The van der Waals surface area contributed by atoms with Gasteiger partial charge in [0.05, 0.1) is 17.5 Å². The number of carbonyl (C=O) groups excluding carboxylic acids is 5. The van der Waals surface area contributed by atoms with Crippen molar-refractivity contribution < 1.29 is 34.2 Å². The van der Waals surface area contributed by atoms with Crippen molar-refractivity contribution in [3.63, 3.8) is 0 Å². The molecule has 31 heavy (non-hydrogen) atoms. The van der Waals surface area contributed by atoms with Crippen molar-refractivity contribution in [2.24, 2.45) is 29.4 Å². The molecule has 1 aromatic carbocycles. The fourth-order valence-corrected chi connectivity index (χ4v) is 6.06. The molecule has 1 amide bonds. The number of phenolic OH excluding ortho intramolecular Hbond substituents is 1. The molecule has 164 valence electrons. The molecule has 3 aliphatic rings. The summed E-state index contributed by atoms with van der Waals surface area (Å²) in [5.41, 5.74) is 3.08. The lowest BCUT2D eigenvalue weighted by Gasteiger charge is -2.52. The Kier molecular flexibility index (Phi) is 4.95. The van der Waals surface area contributed by atoms with Crippen LogP contribution >= 0.6 is 15.9 Å². The first-order chi connectivity index (χ1) is 14.4. The Hall–Kier alpha value is -2.43. The second kappa shape index (κ2) is 7.04. The first-order valence-corrected chi connectivity index (χ1v) is 10.6. The number of primary amides is 1. The quantitative estimate of drug-likeness (QED) is 0.472. The number of hydrogen-bond donors (Lipinski definition) is 3. The van der Waals surface area contributed by atoms with Crippen molar-refractivity contribution in [1.82, 2.24) is 4.90 Å². The van der Waals surface area contributed by atoms with Crippen LogP contribution in [0.15, 0.2) is 16.6 Å². The van der Waals surface area contributed by atoms with Crippen molar-refractivity contribution in [3.8, 4) is 5.75 Å². The molecule has 9 nitrogen and oxygen atoms in total. The number of Topliss-reactive ketones (excluding diaryl/α,β-unsaturated/α-hetero) is 4. The summed E-state index contributed by atoms with van der Waals surface area (Å²) < 4.78 is 0.592. The van der Waals surface area contributed by atoms with E-state index in [1.165, 1.54) is 11.0 Å². The van der Waals surface area contributed by atoms with Crippen molar-refractivity contribution >= 4 is 45.0 Å². The molecular formula is C21H21BrN2O7. The number of amides is 1. The minimum Gasteiger partial charge on any atom is -0.507 e. The number of benzene rings is 1. The highest BCUT2D eigenvalue weighted by Crippen LogP contribution is 2.51. The summed E-state index contributed by atoms with van der Waals surface area (Å²) in [6.45, 7) is 0. The normalized spacial score (nSPS) is 34.9. The fraction of sp³-hybridized carbons (Fsp3) is 0.476. The lowest BCUT2D eigenvalue weighted by Crippen LogP contribution is -2.74. The predicted molar refractivity (Wildman–Crippen MR) is 109 cm³/mol. The second-order valence-electron chi connectivity index (χ2n) is 8.71. The number of phenols is 1. The molecule has 3 aliphatic carbocycles. The maximum atomic E-state index is 13.5. The van der Waals surface area contributed by atoms with Gasteiger partial charge >= 0.3 is 0 Å². The molecule has 4 rings (SSSR count). The van der Waals surface area contributed by atoms with Gasteiger partial charge in [0.25, 0.3) is 0 Å². The topological polar surface area (TPSA) is 155 Å². The summed E-state index contributed by atoms with van der Waals surface area (Å²) in [6.07, 6.45) is 0.271. The van der Waals surface area contributed by atoms with Gasteiger partial charge in [-0.3, -0.25) is 28.9 Å². The second-order valence-corrected chi connectivity index (χ2v) is 9.56. The first-order valence-electron chi connectivity index (χ1n) is 9.77. The zero-order valence-corrected chi connectivity index (χ0v) is 18.4. The summed E-state index contributed by atoms with van der Waals surface area (Å²) in [7, 11) is 3.09. The molecule has 0 heterocycles. The molecule has 0 aromatic heterocycles. The molecule has 2 fully saturated rings. The maximum absolute atomic E-state index is 13.5. The smallest absolute Gasteiger partial charge is 0.235 e. The van der Waals surface area contributed by atoms with Gasteiger partial charge in [-0.25, -0.2) is 0 Å². The van der Waals surface area contributed by atoms with Crippen molar-refractivity contribution in [1.29, 1.82) is 0 Å². The molecule has 10 heteroatoms. The van der Waals surface area contributed by atoms with Gasteiger partial charge in [-0.05, 0) is 50.6 Å². The van der Waals surface area contributed by atoms with Crippen LogP contribution in [-0.2, 0) is 25.6 Å². The van der Waals surface area contributed by atoms with Crippen molar-refractivity contribution in [3.05, 3.63) is 27.7 Å². The molecule has 0 spiro atoms. The van der Waals surface area contributed by atoms with Crippen molar-refractivity contribution in [2.45, 2.75) is 24.5 Å². The zero-order valence-electron chi connectivity index (χ0n) is 16.8. The van der Waals surface area contributed by atoms with E-state index in [-0.39, 0.29) is 24.2 Å². The number of fused-ring (bicyclic) bond motifs is 3. The molecule has 0 saturated heterocycles. The molecule has 0 aliphatic heterocycles. The van der Waals surface area contributed by atoms with E-state index in [1.54, 1.807) is 20.2 Å². The Labute approximate surface area is 185 Å². The van der Waals surface area contributed by atoms with E-state index in [1.807, 2.05) is 0 Å². The van der Waals surface area contributed by atoms with E-state index >= 15 is 0 Å². The Morgan fingerprint density at radius 2 is 1.84 bits per heavy atom. The van der Waals surface area contributed by atoms with Gasteiger partial charge < -0.3 is 15.9 Å². The van der Waals surface area contributed by atoms with Gasteiger partial charge in [-0.15, -0.1) is 0 Å². The highest BCUT2D eigenvalue weighted by molar-refractivity contribution is 9.10. The van der Waals surface area contributed by atoms with Crippen LogP contribution in [0.2, 0.25) is 0 Å². The van der Waals surface area contributed by atoms with E-state index in [0.717, 1.165) is 0 Å². The van der Waals surface area contributed by atoms with E-state index in [0.29, 0.717) is 10.0 Å². The molecule has 4 N–H and O–H groups in total. The van der Waals surface area contributed by atoms with Gasteiger partial charge in [-0.1, -0.05) is 15.9 Å². The van der Waals surface area contributed by atoms with E-state index in [4.69, 9.17) is 5.73 Å². The molecule has 0 bridgehead atoms. The van der Waals surface area contributed by atoms with Crippen LogP contribution in [0.25, 0.3) is 0 Å². The molecule has 6 atom stereocenters. The third kappa shape index (κ3) is 2.78. The summed E-state index contributed by atoms with van der Waals surface area (Å²) in [6, 6.07) is 1.81. The number of nitrogens with zero attached hydrogens (tertiary/aromatic N) is 1. The lowest BCUT2D eigenvalue weighted by molar-refractivity contribution is -0.181. The Morgan fingerprint density at radius 3 is 2.42 bits per heavy atom. The number of halogens is 1. The number of rotatable bonds is 2. The summed E-state index contributed by atoms with van der Waals surface area (Å²) in [5.74, 6) is -10.4. The maximum Gasteiger partial charge on any atom is 0.235 e. The van der Waals surface area contributed by atoms with Gasteiger partial charge in [0, 0.05) is 10.4 Å². The molecular weight excluding hydrogens is 472 g/mol. The van der Waals surface area contributed by atoms with E-state index in [2.05, 4.69) is 15.9 Å². The summed E-state index contributed by atoms with van der Waals surface area (Å²) in [5, 5.41) is 21.6. The highest BCUT2D eigenvalue weighted by atomic mass is 79.9. The number of hydrogen-bond acceptors (Lipinski definition) is 8. The summed E-state index contributed by atoms with van der Waals surface area (Å²) in [4.78, 5) is 66.2. The minimum absolute atomic E-state index is 0.0269. The van der Waals surface area contributed by atoms with Crippen LogP contribution in [0.1, 0.15) is 22.3 Å². The summed E-state index contributed by atoms with van der Waals surface area (Å²) >= 11 is 3.37. The van der Waals surface area contributed by atoms with Crippen molar-refractivity contribution in [2.75, 3.05) is 14.1 Å². The molecule has 2 saturated carbocycles. The molecule has 0 radical (unpaired) electrons. The number of carbonyl (C=O) groups is 5. The van der Waals surface area contributed by atoms with Crippen LogP contribution in [0.4, 0.5) is 0 Å². The number of ketones is 4. The average molecular weight is 493 g/mol. The third-order valence-corrected chi connectivity index (χ3v) is 7.63. The number of aliphatic hydroxyl groups is 1. The van der Waals surface area contributed by atoms with E-state index < -0.39 is 64.4 Å². The third-order valence-electron chi connectivity index (χ3n) is 6.89. The monoisotopic (exact) mass is 492 g/mol. The van der Waals surface area contributed by atoms with Gasteiger partial charge in [0.1, 0.15) is 5.75 Å². The number of likely N-dealkylation sites (N-methyl/N-ethyl adjacent to an activating group) is 1. The minimum atomic E-state index is -2.70. The molecule has 1 aromatic rings. The van der Waals surface area contributed by atoms with Gasteiger partial charge in [0.15, 0.2) is 34.7 Å². The highest BCUT2D eigenvalue weighted by Gasteiger charge is 2.69. The Bertz CT molecular complexity index is 1070. The Balaban J connectivity index is 1.88. The SMILES string of the molecule is CN(C)[C@H]1C(=O)C(C(N)=O)C(=O)[C@]2(O)C(=O)C3C(=O)c4c(O)ccc(Br)c4C[C@@H]3C[C@H]12. The Morgan fingerprint density at radius 1 is 1.19 bits per heavy atom. The largest absolute Gasteiger partial charge is 0.507 e. The lowest BCUT2D eigenvalue weighted by atomic mass is 9.52. The molecule has 2 unspecified atom stereocenters. The standard InChI is InChI=1S/C21H21BrN2O7/c1-24(2)15-9-6-7-5-8-10(22)3-4-11(25)13(8)16(26)12(7)18(28)21(9,31)19(29)14(17(15)27)20(23)30/h3-4,7,9,12,14-15,25,31H,5-6H2,1-2H3,(H2,23,30)/t7-,9-,12?,14?,15-,21-/m1/s1. The zero-order chi connectivity index (χ0) is 23.0. The predicted octanol–water partition coefficient (Wildman–Crippen LogP) is -0.370. The van der Waals surface area contributed by atoms with Gasteiger partial charge in [0.2, 0.25) is 5.91 Å². The fourth-order valence-electron chi connectivity index (χ4n) is 5.57. The van der Waals surface area contributed by atoms with Crippen LogP contribution in [-0.4, -0.2) is 69.9 Å². The first kappa shape index (κ1) is 21.8. The van der Waals surface area contributed by atoms with Crippen LogP contribution in [0.5, 0.6) is 5.75 Å². The van der Waals surface area contributed by atoms with Crippen LogP contribution in [0.3, 0.4) is 0 Å². The number of aromatic hydroxyl groups is 1. The average Bonchev–Trinajstić information content (AvgIpc) is 2.67. The van der Waals surface area contributed by atoms with Crippen LogP contribution in [0, 0.1) is 23.7 Å². The van der Waals surface area contributed by atoms with Gasteiger partial charge in [-0.2, -0.15) is 0 Å². The van der Waals surface area contributed by atoms with E-state index in [9.17, 15) is 34.2 Å². The van der Waals surface area contributed by atoms with Crippen LogP contribution < -0.4 is 5.73 Å².